The van der Waals surface area contributed by atoms with Crippen molar-refractivity contribution >= 4 is 0 Å². The number of unbranched alkanes of at least 4 members (excludes halogenated alkanes) is 2. The van der Waals surface area contributed by atoms with Gasteiger partial charge in [-0.05, 0) is 12.1 Å². The minimum atomic E-state index is 0. The molecule has 36 heavy (non-hydrogen) atoms. The number of phenols is 2. The number of hydrogen-bond donors (Lipinski definition) is 2. The molecular weight excluding hydrogens is 629 g/mol. The molecule has 0 radical (unpaired) electrons. The molecule has 0 bridgehead atoms. The van der Waals surface area contributed by atoms with E-state index in [1.54, 1.807) is 12.1 Å². The third-order valence-corrected chi connectivity index (χ3v) is 4.38. The molecule has 4 aromatic rings. The molecule has 2 nitrogen and oxygen atoms in total. The minimum absolute atomic E-state index is 0. The van der Waals surface area contributed by atoms with Gasteiger partial charge in [-0.1, -0.05) is 47.5 Å². The van der Waals surface area contributed by atoms with E-state index in [1.807, 2.05) is 112 Å². The van der Waals surface area contributed by atoms with Crippen LogP contribution in [0.4, 0.5) is 0 Å². The monoisotopic (exact) mass is 662 g/mol. The molecule has 0 aromatic heterocycles. The Kier molecular flexibility index (Phi) is 23.2. The van der Waals surface area contributed by atoms with Crippen molar-refractivity contribution in [2.75, 3.05) is 0 Å². The van der Waals surface area contributed by atoms with E-state index >= 15 is 0 Å². The number of rotatable bonds is 4. The summed E-state index contributed by atoms with van der Waals surface area (Å²) in [6, 6.07) is 35.8. The second-order valence-corrected chi connectivity index (χ2v) is 6.98. The fourth-order valence-electron chi connectivity index (χ4n) is 2.52. The summed E-state index contributed by atoms with van der Waals surface area (Å²) in [5, 5.41) is 19.1. The van der Waals surface area contributed by atoms with E-state index < -0.39 is 0 Å². The predicted octanol–water partition coefficient (Wildman–Crippen LogP) is 8.58. The molecule has 0 spiro atoms. The summed E-state index contributed by atoms with van der Waals surface area (Å²) in [6.07, 6.45) is 5.92. The molecule has 0 amide bonds. The molecular formula is C32H34O2Pd2-6. The van der Waals surface area contributed by atoms with Crippen LogP contribution in [-0.2, 0) is 40.8 Å². The van der Waals surface area contributed by atoms with Crippen LogP contribution in [0.1, 0.15) is 26.7 Å². The fraction of sp³-hybridized carbons (Fsp3) is 0.125. The molecule has 0 heterocycles. The van der Waals surface area contributed by atoms with Crippen LogP contribution in [-0.4, -0.2) is 10.2 Å². The minimum Gasteiger partial charge on any atom is -0.517 e. The number of hydrogen-bond acceptors (Lipinski definition) is 2. The van der Waals surface area contributed by atoms with E-state index in [4.69, 9.17) is 0 Å². The van der Waals surface area contributed by atoms with Gasteiger partial charge in [0, 0.05) is 40.8 Å². The first-order chi connectivity index (χ1) is 16.6. The molecule has 0 aliphatic heterocycles. The number of para-hydroxylation sites is 2. The summed E-state index contributed by atoms with van der Waals surface area (Å²) in [5.74, 6) is 0.593. The van der Waals surface area contributed by atoms with Gasteiger partial charge in [0.2, 0.25) is 0 Å². The molecule has 4 aromatic carbocycles. The van der Waals surface area contributed by atoms with Gasteiger partial charge in [-0.2, -0.15) is 13.8 Å². The van der Waals surface area contributed by atoms with Crippen molar-refractivity contribution in [1.29, 1.82) is 0 Å². The molecule has 0 fully saturated rings. The zero-order chi connectivity index (χ0) is 25.0. The smallest absolute Gasteiger partial charge is 0.0820 e. The summed E-state index contributed by atoms with van der Waals surface area (Å²) >= 11 is 0. The van der Waals surface area contributed by atoms with Crippen LogP contribution in [0.3, 0.4) is 0 Å². The molecule has 4 heteroatoms. The van der Waals surface area contributed by atoms with Gasteiger partial charge in [-0.25, -0.2) is 0 Å². The van der Waals surface area contributed by atoms with Crippen molar-refractivity contribution in [1.82, 2.24) is 0 Å². The van der Waals surface area contributed by atoms with Crippen LogP contribution < -0.4 is 0 Å². The topological polar surface area (TPSA) is 40.5 Å². The zero-order valence-corrected chi connectivity index (χ0v) is 23.9. The quantitative estimate of drug-likeness (QED) is 0.170. The Labute approximate surface area is 246 Å². The Bertz CT molecular complexity index is 933. The predicted molar refractivity (Wildman–Crippen MR) is 145 cm³/mol. The van der Waals surface area contributed by atoms with Gasteiger partial charge in [0.25, 0.3) is 0 Å². The Morgan fingerprint density at radius 3 is 1.14 bits per heavy atom. The Hall–Kier alpha value is -2.20. The molecule has 0 atom stereocenters. The van der Waals surface area contributed by atoms with Crippen LogP contribution in [0.25, 0.3) is 22.3 Å². The van der Waals surface area contributed by atoms with E-state index in [9.17, 15) is 10.2 Å². The SMILES string of the molecule is Oc1ccccc1-c1[c-]cccc1.Oc1ccccc1-c1[c-]cccc1.[CH2-]C[CH-]C.[CH2-]C[CH-]C.[Pd].[Pd]. The van der Waals surface area contributed by atoms with Gasteiger partial charge in [0.15, 0.2) is 0 Å². The second-order valence-electron chi connectivity index (χ2n) is 6.98. The molecule has 0 unspecified atom stereocenters. The Morgan fingerprint density at radius 1 is 0.583 bits per heavy atom. The first-order valence-corrected chi connectivity index (χ1v) is 11.2. The molecule has 0 saturated carbocycles. The average molecular weight is 663 g/mol. The van der Waals surface area contributed by atoms with E-state index in [0.29, 0.717) is 11.5 Å². The maximum atomic E-state index is 9.54. The van der Waals surface area contributed by atoms with Crippen molar-refractivity contribution < 1.29 is 51.1 Å². The van der Waals surface area contributed by atoms with Gasteiger partial charge in [0.05, 0.1) is 11.5 Å². The average Bonchev–Trinajstić information content (AvgIpc) is 2.91. The van der Waals surface area contributed by atoms with E-state index in [-0.39, 0.29) is 40.8 Å². The fourth-order valence-corrected chi connectivity index (χ4v) is 2.52. The summed E-state index contributed by atoms with van der Waals surface area (Å²) < 4.78 is 0. The second kappa shape index (κ2) is 23.2. The first kappa shape index (κ1) is 36.0. The van der Waals surface area contributed by atoms with Gasteiger partial charge >= 0.3 is 0 Å². The summed E-state index contributed by atoms with van der Waals surface area (Å²) in [4.78, 5) is 0. The maximum Gasteiger partial charge on any atom is 0.0820 e. The molecule has 2 N–H and O–H groups in total. The van der Waals surface area contributed by atoms with Crippen molar-refractivity contribution in [3.8, 4) is 33.8 Å². The molecule has 4 rings (SSSR count). The van der Waals surface area contributed by atoms with Crippen LogP contribution in [0.5, 0.6) is 11.5 Å². The largest absolute Gasteiger partial charge is 0.517 e. The van der Waals surface area contributed by atoms with Crippen molar-refractivity contribution in [2.24, 2.45) is 0 Å². The van der Waals surface area contributed by atoms with Crippen LogP contribution in [0.2, 0.25) is 0 Å². The summed E-state index contributed by atoms with van der Waals surface area (Å²) in [7, 11) is 0. The third kappa shape index (κ3) is 14.4. The number of benzene rings is 4. The molecule has 0 aliphatic carbocycles. The van der Waals surface area contributed by atoms with E-state index in [0.717, 1.165) is 35.1 Å². The Morgan fingerprint density at radius 2 is 0.889 bits per heavy atom. The van der Waals surface area contributed by atoms with Crippen molar-refractivity contribution in [3.63, 3.8) is 0 Å². The standard InChI is InChI=1S/2C12H9O.2C4H8.2Pd/c2*13-12-9-5-4-8-11(12)10-6-2-1-3-7-10;2*1-3-4-2;;/h2*1-6,8-9,13H;2*4H,1,3H2,2H3;;/q2*-1;2*-2;;. The third-order valence-electron chi connectivity index (χ3n) is 4.38. The Balaban J connectivity index is 0. The van der Waals surface area contributed by atoms with E-state index in [1.165, 1.54) is 0 Å². The van der Waals surface area contributed by atoms with Gasteiger partial charge in [-0.15, -0.1) is 71.8 Å². The van der Waals surface area contributed by atoms with Crippen molar-refractivity contribution in [2.45, 2.75) is 26.7 Å². The molecule has 0 aliphatic rings. The summed E-state index contributed by atoms with van der Waals surface area (Å²) in [5.41, 5.74) is 3.48. The number of aromatic hydroxyl groups is 2. The molecule has 0 saturated heterocycles. The normalized spacial score (nSPS) is 8.78. The van der Waals surface area contributed by atoms with Crippen LogP contribution in [0.15, 0.2) is 97.1 Å². The van der Waals surface area contributed by atoms with Gasteiger partial charge in [0.1, 0.15) is 0 Å². The summed E-state index contributed by atoms with van der Waals surface area (Å²) in [6.45, 7) is 11.1. The van der Waals surface area contributed by atoms with Crippen LogP contribution >= 0.6 is 0 Å². The van der Waals surface area contributed by atoms with Crippen molar-refractivity contribution in [3.05, 3.63) is 136 Å². The van der Waals surface area contributed by atoms with E-state index in [2.05, 4.69) is 26.0 Å². The molecule has 200 valence electrons. The maximum absolute atomic E-state index is 9.54. The van der Waals surface area contributed by atoms with Gasteiger partial charge < -0.3 is 49.7 Å². The first-order valence-electron chi connectivity index (χ1n) is 11.2. The number of phenolic OH excluding ortho intramolecular Hbond substituents is 2. The van der Waals surface area contributed by atoms with Crippen LogP contribution in [0, 0.1) is 38.8 Å². The zero-order valence-electron chi connectivity index (χ0n) is 20.7. The van der Waals surface area contributed by atoms with Gasteiger partial charge in [-0.3, -0.25) is 0 Å².